The van der Waals surface area contributed by atoms with Crippen molar-refractivity contribution >= 4 is 17.3 Å². The zero-order valence-electron chi connectivity index (χ0n) is 16.1. The van der Waals surface area contributed by atoms with Gasteiger partial charge in [-0.2, -0.15) is 13.2 Å². The molecule has 0 aliphatic carbocycles. The highest BCUT2D eigenvalue weighted by Gasteiger charge is 2.27. The number of aliphatic imine (C=N–C) groups is 1. The molecule has 1 aromatic heterocycles. The normalized spacial score (nSPS) is 13.4. The summed E-state index contributed by atoms with van der Waals surface area (Å²) in [4.78, 5) is 5.60. The Bertz CT molecular complexity index is 715. The van der Waals surface area contributed by atoms with Crippen molar-refractivity contribution in [1.82, 2.24) is 10.6 Å². The molecule has 0 saturated carbocycles. The molecular weight excluding hydrogens is 387 g/mol. The van der Waals surface area contributed by atoms with E-state index in [0.29, 0.717) is 18.0 Å². The third-order valence-electron chi connectivity index (χ3n) is 3.99. The standard InChI is InChI=1S/C20H26F3N3OS/c1-15(10-18-4-3-9-28-18)11-25-19(24-2)26-12-16-5-7-17(8-6-16)13-27-14-20(21,22)23/h3-9,15H,10-14H2,1-2H3,(H2,24,25,26). The van der Waals surface area contributed by atoms with Gasteiger partial charge in [0, 0.05) is 25.0 Å². The maximum atomic E-state index is 12.1. The molecule has 0 spiro atoms. The fraction of sp³-hybridized carbons (Fsp3) is 0.450. The van der Waals surface area contributed by atoms with Gasteiger partial charge in [-0.25, -0.2) is 0 Å². The Morgan fingerprint density at radius 1 is 1.14 bits per heavy atom. The maximum absolute atomic E-state index is 12.1. The van der Waals surface area contributed by atoms with E-state index < -0.39 is 12.8 Å². The van der Waals surface area contributed by atoms with Crippen molar-refractivity contribution < 1.29 is 17.9 Å². The predicted molar refractivity (Wildman–Crippen MR) is 108 cm³/mol. The first-order chi connectivity index (χ1) is 13.4. The number of nitrogens with one attached hydrogen (secondary N) is 2. The van der Waals surface area contributed by atoms with Crippen LogP contribution in [0.3, 0.4) is 0 Å². The minimum atomic E-state index is -4.30. The lowest BCUT2D eigenvalue weighted by Crippen LogP contribution is -2.39. The van der Waals surface area contributed by atoms with E-state index in [1.165, 1.54) is 4.88 Å². The van der Waals surface area contributed by atoms with E-state index in [1.807, 2.05) is 12.1 Å². The maximum Gasteiger partial charge on any atom is 0.411 e. The highest BCUT2D eigenvalue weighted by molar-refractivity contribution is 7.09. The number of halogens is 3. The van der Waals surface area contributed by atoms with Gasteiger partial charge in [0.05, 0.1) is 6.61 Å². The Morgan fingerprint density at radius 3 is 2.46 bits per heavy atom. The van der Waals surface area contributed by atoms with Crippen LogP contribution in [0.1, 0.15) is 22.9 Å². The third-order valence-corrected chi connectivity index (χ3v) is 4.89. The Kier molecular flexibility index (Phi) is 8.79. The van der Waals surface area contributed by atoms with Gasteiger partial charge in [-0.05, 0) is 34.9 Å². The Morgan fingerprint density at radius 2 is 1.86 bits per heavy atom. The van der Waals surface area contributed by atoms with Gasteiger partial charge in [-0.3, -0.25) is 4.99 Å². The molecule has 1 atom stereocenters. The largest absolute Gasteiger partial charge is 0.411 e. The molecule has 154 valence electrons. The Hall–Kier alpha value is -2.06. The van der Waals surface area contributed by atoms with Crippen LogP contribution in [0, 0.1) is 5.92 Å². The summed E-state index contributed by atoms with van der Waals surface area (Å²) in [7, 11) is 1.72. The molecule has 2 N–H and O–H groups in total. The summed E-state index contributed by atoms with van der Waals surface area (Å²) < 4.78 is 40.9. The number of rotatable bonds is 9. The van der Waals surface area contributed by atoms with Crippen molar-refractivity contribution in [2.75, 3.05) is 20.2 Å². The number of ether oxygens (including phenoxy) is 1. The van der Waals surface area contributed by atoms with E-state index in [9.17, 15) is 13.2 Å². The van der Waals surface area contributed by atoms with Crippen LogP contribution in [0.4, 0.5) is 13.2 Å². The first-order valence-electron chi connectivity index (χ1n) is 9.05. The molecule has 0 amide bonds. The quantitative estimate of drug-likeness (QED) is 0.474. The van der Waals surface area contributed by atoms with Crippen LogP contribution in [0.5, 0.6) is 0 Å². The summed E-state index contributed by atoms with van der Waals surface area (Å²) in [5.74, 6) is 1.20. The smallest absolute Gasteiger partial charge is 0.367 e. The minimum absolute atomic E-state index is 0.0570. The number of hydrogen-bond acceptors (Lipinski definition) is 3. The Labute approximate surface area is 167 Å². The summed E-state index contributed by atoms with van der Waals surface area (Å²) >= 11 is 1.77. The molecule has 2 aromatic rings. The molecule has 0 fully saturated rings. The van der Waals surface area contributed by atoms with Gasteiger partial charge in [0.15, 0.2) is 5.96 Å². The topological polar surface area (TPSA) is 45.7 Å². The molecule has 2 rings (SSSR count). The van der Waals surface area contributed by atoms with Crippen LogP contribution in [0.2, 0.25) is 0 Å². The number of hydrogen-bond donors (Lipinski definition) is 2. The van der Waals surface area contributed by atoms with Crippen molar-refractivity contribution in [2.24, 2.45) is 10.9 Å². The van der Waals surface area contributed by atoms with Gasteiger partial charge in [0.25, 0.3) is 0 Å². The summed E-state index contributed by atoms with van der Waals surface area (Å²) in [6.07, 6.45) is -3.27. The van der Waals surface area contributed by atoms with Crippen molar-refractivity contribution in [3.63, 3.8) is 0 Å². The molecule has 8 heteroatoms. The number of nitrogens with zero attached hydrogens (tertiary/aromatic N) is 1. The van der Waals surface area contributed by atoms with Crippen LogP contribution in [-0.4, -0.2) is 32.3 Å². The van der Waals surface area contributed by atoms with Crippen LogP contribution in [0.15, 0.2) is 46.8 Å². The third kappa shape index (κ3) is 8.75. The predicted octanol–water partition coefficient (Wildman–Crippen LogP) is 4.37. The summed E-state index contributed by atoms with van der Waals surface area (Å²) in [5.41, 5.74) is 1.71. The molecule has 28 heavy (non-hydrogen) atoms. The summed E-state index contributed by atoms with van der Waals surface area (Å²) in [6.45, 7) is 2.29. The molecule has 0 aliphatic rings. The number of guanidine groups is 1. The monoisotopic (exact) mass is 413 g/mol. The van der Waals surface area contributed by atoms with Gasteiger partial charge < -0.3 is 15.4 Å². The average Bonchev–Trinajstić information content (AvgIpc) is 3.15. The SMILES string of the molecule is CN=C(NCc1ccc(COCC(F)(F)F)cc1)NCC(C)Cc1cccs1. The van der Waals surface area contributed by atoms with E-state index in [0.717, 1.165) is 24.5 Å². The molecule has 0 bridgehead atoms. The molecular formula is C20H26F3N3OS. The van der Waals surface area contributed by atoms with Crippen LogP contribution in [0.25, 0.3) is 0 Å². The van der Waals surface area contributed by atoms with Crippen LogP contribution < -0.4 is 10.6 Å². The van der Waals surface area contributed by atoms with Gasteiger partial charge in [0.2, 0.25) is 0 Å². The molecule has 4 nitrogen and oxygen atoms in total. The second-order valence-corrected chi connectivity index (χ2v) is 7.65. The van der Waals surface area contributed by atoms with Gasteiger partial charge >= 0.3 is 6.18 Å². The lowest BCUT2D eigenvalue weighted by Gasteiger charge is -2.16. The van der Waals surface area contributed by atoms with Crippen molar-refractivity contribution in [3.05, 3.63) is 57.8 Å². The minimum Gasteiger partial charge on any atom is -0.367 e. The number of alkyl halides is 3. The molecule has 1 unspecified atom stereocenters. The summed E-state index contributed by atoms with van der Waals surface area (Å²) in [6, 6.07) is 11.5. The zero-order chi connectivity index (χ0) is 20.4. The first kappa shape index (κ1) is 22.2. The first-order valence-corrected chi connectivity index (χ1v) is 9.93. The molecule has 0 aliphatic heterocycles. The van der Waals surface area contributed by atoms with Gasteiger partial charge in [0.1, 0.15) is 6.61 Å². The Balaban J connectivity index is 1.70. The molecule has 0 radical (unpaired) electrons. The van der Waals surface area contributed by atoms with Crippen molar-refractivity contribution in [2.45, 2.75) is 32.7 Å². The molecule has 1 heterocycles. The second-order valence-electron chi connectivity index (χ2n) is 6.62. The van der Waals surface area contributed by atoms with Gasteiger partial charge in [-0.15, -0.1) is 11.3 Å². The number of thiophene rings is 1. The van der Waals surface area contributed by atoms with Crippen LogP contribution >= 0.6 is 11.3 Å². The van der Waals surface area contributed by atoms with E-state index in [-0.39, 0.29) is 6.61 Å². The highest BCUT2D eigenvalue weighted by Crippen LogP contribution is 2.16. The zero-order valence-corrected chi connectivity index (χ0v) is 16.9. The van der Waals surface area contributed by atoms with E-state index in [2.05, 4.69) is 44.8 Å². The van der Waals surface area contributed by atoms with Crippen LogP contribution in [-0.2, 0) is 24.3 Å². The van der Waals surface area contributed by atoms with Crippen molar-refractivity contribution in [1.29, 1.82) is 0 Å². The second kappa shape index (κ2) is 11.1. The molecule has 0 saturated heterocycles. The fourth-order valence-electron chi connectivity index (χ4n) is 2.56. The van der Waals surface area contributed by atoms with E-state index in [4.69, 9.17) is 0 Å². The van der Waals surface area contributed by atoms with Gasteiger partial charge in [-0.1, -0.05) is 37.3 Å². The van der Waals surface area contributed by atoms with E-state index >= 15 is 0 Å². The number of benzene rings is 1. The lowest BCUT2D eigenvalue weighted by molar-refractivity contribution is -0.176. The molecule has 1 aromatic carbocycles. The van der Waals surface area contributed by atoms with E-state index in [1.54, 1.807) is 30.5 Å². The lowest BCUT2D eigenvalue weighted by atomic mass is 10.1. The summed E-state index contributed by atoms with van der Waals surface area (Å²) in [5, 5.41) is 8.65. The average molecular weight is 414 g/mol. The van der Waals surface area contributed by atoms with Crippen molar-refractivity contribution in [3.8, 4) is 0 Å². The fourth-order valence-corrected chi connectivity index (χ4v) is 3.43. The highest BCUT2D eigenvalue weighted by atomic mass is 32.1.